The lowest BCUT2D eigenvalue weighted by Gasteiger charge is -2.37. The van der Waals surface area contributed by atoms with Crippen LogP contribution >= 0.6 is 11.3 Å². The lowest BCUT2D eigenvalue weighted by molar-refractivity contribution is -0.126. The third-order valence-electron chi connectivity index (χ3n) is 4.46. The molecule has 2 fully saturated rings. The van der Waals surface area contributed by atoms with Crippen LogP contribution in [-0.4, -0.2) is 67.3 Å². The molecule has 1 N–H and O–H groups in total. The van der Waals surface area contributed by atoms with Gasteiger partial charge in [0.25, 0.3) is 0 Å². The molecule has 1 amide bonds. The monoisotopic (exact) mass is 324 g/mol. The van der Waals surface area contributed by atoms with Gasteiger partial charge in [0.2, 0.25) is 5.91 Å². The first kappa shape index (κ1) is 15.7. The number of ether oxygens (including phenoxy) is 1. The molecule has 0 bridgehead atoms. The van der Waals surface area contributed by atoms with Gasteiger partial charge in [0.1, 0.15) is 0 Å². The van der Waals surface area contributed by atoms with Gasteiger partial charge in [-0.25, -0.2) is 4.98 Å². The molecule has 0 radical (unpaired) electrons. The highest BCUT2D eigenvalue weighted by Crippen LogP contribution is 2.19. The second-order valence-corrected chi connectivity index (χ2v) is 6.77. The number of nitrogens with one attached hydrogen (secondary N) is 1. The van der Waals surface area contributed by atoms with Crippen LogP contribution in [0.4, 0.5) is 5.13 Å². The van der Waals surface area contributed by atoms with E-state index in [1.807, 2.05) is 18.5 Å². The van der Waals surface area contributed by atoms with Crippen LogP contribution in [0.1, 0.15) is 19.8 Å². The number of aromatic nitrogens is 1. The number of hydrogen-bond donors (Lipinski definition) is 1. The van der Waals surface area contributed by atoms with Crippen LogP contribution in [0.5, 0.6) is 0 Å². The maximum absolute atomic E-state index is 12.3. The van der Waals surface area contributed by atoms with Gasteiger partial charge in [-0.15, -0.1) is 11.3 Å². The number of piperazine rings is 1. The second kappa shape index (κ2) is 7.39. The Kier molecular flexibility index (Phi) is 5.28. The third-order valence-corrected chi connectivity index (χ3v) is 5.29. The molecule has 22 heavy (non-hydrogen) atoms. The van der Waals surface area contributed by atoms with Gasteiger partial charge in [-0.3, -0.25) is 9.69 Å². The Balaban J connectivity index is 1.42. The summed E-state index contributed by atoms with van der Waals surface area (Å²) in [6, 6.07) is -0.0835. The van der Waals surface area contributed by atoms with Crippen LogP contribution in [0, 0.1) is 0 Å². The molecule has 122 valence electrons. The summed E-state index contributed by atoms with van der Waals surface area (Å²) in [6.45, 7) is 7.11. The molecule has 6 nitrogen and oxygen atoms in total. The Morgan fingerprint density at radius 2 is 2.32 bits per heavy atom. The van der Waals surface area contributed by atoms with E-state index in [1.165, 1.54) is 0 Å². The molecule has 0 saturated carbocycles. The summed E-state index contributed by atoms with van der Waals surface area (Å²) in [4.78, 5) is 21.2. The number of carbonyl (C=O) groups excluding carboxylic acids is 1. The van der Waals surface area contributed by atoms with Gasteiger partial charge in [0.05, 0.1) is 12.1 Å². The fourth-order valence-electron chi connectivity index (χ4n) is 3.01. The molecular weight excluding hydrogens is 300 g/mol. The summed E-state index contributed by atoms with van der Waals surface area (Å²) < 4.78 is 5.54. The lowest BCUT2D eigenvalue weighted by atomic mass is 10.2. The van der Waals surface area contributed by atoms with Gasteiger partial charge in [0, 0.05) is 50.9 Å². The van der Waals surface area contributed by atoms with Crippen molar-refractivity contribution in [1.29, 1.82) is 0 Å². The molecular formula is C15H24N4O2S. The number of rotatable bonds is 5. The normalized spacial score (nSPS) is 24.4. The van der Waals surface area contributed by atoms with Gasteiger partial charge in [0.15, 0.2) is 5.13 Å². The van der Waals surface area contributed by atoms with Crippen LogP contribution in [0.3, 0.4) is 0 Å². The fraction of sp³-hybridized carbons (Fsp3) is 0.733. The lowest BCUT2D eigenvalue weighted by Crippen LogP contribution is -2.54. The number of amides is 1. The second-order valence-electron chi connectivity index (χ2n) is 5.89. The largest absolute Gasteiger partial charge is 0.376 e. The minimum Gasteiger partial charge on any atom is -0.376 e. The molecule has 1 aromatic rings. The van der Waals surface area contributed by atoms with Crippen molar-refractivity contribution < 1.29 is 9.53 Å². The van der Waals surface area contributed by atoms with E-state index in [2.05, 4.69) is 20.1 Å². The topological polar surface area (TPSA) is 57.7 Å². The van der Waals surface area contributed by atoms with Crippen molar-refractivity contribution in [3.8, 4) is 0 Å². The minimum atomic E-state index is -0.0835. The average molecular weight is 324 g/mol. The summed E-state index contributed by atoms with van der Waals surface area (Å²) in [5.74, 6) is 0.109. The smallest absolute Gasteiger partial charge is 0.237 e. The molecule has 7 heteroatoms. The molecule has 0 unspecified atom stereocenters. The van der Waals surface area contributed by atoms with E-state index in [-0.39, 0.29) is 18.1 Å². The maximum Gasteiger partial charge on any atom is 0.237 e. The van der Waals surface area contributed by atoms with Gasteiger partial charge < -0.3 is 15.0 Å². The number of carbonyl (C=O) groups is 1. The SMILES string of the molecule is C[C@H](C(=O)NC[C@H]1CCCO1)N1CCN(c2nccs2)CC1. The van der Waals surface area contributed by atoms with Crippen molar-refractivity contribution >= 4 is 22.4 Å². The molecule has 2 aliphatic heterocycles. The quantitative estimate of drug-likeness (QED) is 0.874. The fourth-order valence-corrected chi connectivity index (χ4v) is 3.70. The molecule has 0 aromatic carbocycles. The molecule has 3 heterocycles. The molecule has 2 atom stereocenters. The molecule has 0 aliphatic carbocycles. The Morgan fingerprint density at radius 3 is 2.95 bits per heavy atom. The summed E-state index contributed by atoms with van der Waals surface area (Å²) in [5, 5.41) is 6.11. The number of nitrogens with zero attached hydrogens (tertiary/aromatic N) is 3. The first-order valence-corrected chi connectivity index (χ1v) is 8.90. The van der Waals surface area contributed by atoms with E-state index in [9.17, 15) is 4.79 Å². The highest BCUT2D eigenvalue weighted by molar-refractivity contribution is 7.13. The van der Waals surface area contributed by atoms with Crippen LogP contribution in [0.15, 0.2) is 11.6 Å². The highest BCUT2D eigenvalue weighted by atomic mass is 32.1. The van der Waals surface area contributed by atoms with Gasteiger partial charge in [-0.1, -0.05) is 0 Å². The van der Waals surface area contributed by atoms with Crippen molar-refractivity contribution in [2.45, 2.75) is 31.9 Å². The molecule has 2 aliphatic rings. The van der Waals surface area contributed by atoms with Crippen LogP contribution in [0.2, 0.25) is 0 Å². The predicted octanol–water partition coefficient (Wildman–Crippen LogP) is 0.949. The van der Waals surface area contributed by atoms with Crippen molar-refractivity contribution in [2.75, 3.05) is 44.2 Å². The van der Waals surface area contributed by atoms with E-state index in [0.717, 1.165) is 50.8 Å². The third kappa shape index (κ3) is 3.77. The van der Waals surface area contributed by atoms with E-state index < -0.39 is 0 Å². The standard InChI is InChI=1S/C15H24N4O2S/c1-12(14(20)17-11-13-3-2-9-21-13)18-5-7-19(8-6-18)15-16-4-10-22-15/h4,10,12-13H,2-3,5-9,11H2,1H3,(H,17,20)/t12-,13-/m1/s1. The van der Waals surface area contributed by atoms with Crippen LogP contribution in [-0.2, 0) is 9.53 Å². The zero-order valence-corrected chi connectivity index (χ0v) is 13.8. The first-order chi connectivity index (χ1) is 10.7. The predicted molar refractivity (Wildman–Crippen MR) is 87.3 cm³/mol. The van der Waals surface area contributed by atoms with Crippen LogP contribution in [0.25, 0.3) is 0 Å². The molecule has 1 aromatic heterocycles. The number of hydrogen-bond acceptors (Lipinski definition) is 6. The Morgan fingerprint density at radius 1 is 1.50 bits per heavy atom. The molecule has 0 spiro atoms. The Hall–Kier alpha value is -1.18. The first-order valence-electron chi connectivity index (χ1n) is 8.02. The average Bonchev–Trinajstić information content (AvgIpc) is 3.25. The van der Waals surface area contributed by atoms with Crippen molar-refractivity contribution in [1.82, 2.24) is 15.2 Å². The van der Waals surface area contributed by atoms with E-state index in [1.54, 1.807) is 11.3 Å². The van der Waals surface area contributed by atoms with Crippen molar-refractivity contribution in [2.24, 2.45) is 0 Å². The zero-order chi connectivity index (χ0) is 15.4. The van der Waals surface area contributed by atoms with Crippen molar-refractivity contribution in [3.05, 3.63) is 11.6 Å². The van der Waals surface area contributed by atoms with E-state index in [4.69, 9.17) is 4.74 Å². The molecule has 3 rings (SSSR count). The van der Waals surface area contributed by atoms with E-state index in [0.29, 0.717) is 6.54 Å². The van der Waals surface area contributed by atoms with Gasteiger partial charge in [-0.2, -0.15) is 0 Å². The summed E-state index contributed by atoms with van der Waals surface area (Å²) in [5.41, 5.74) is 0. The van der Waals surface area contributed by atoms with E-state index >= 15 is 0 Å². The van der Waals surface area contributed by atoms with Gasteiger partial charge >= 0.3 is 0 Å². The summed E-state index contributed by atoms with van der Waals surface area (Å²) >= 11 is 1.67. The van der Waals surface area contributed by atoms with Crippen LogP contribution < -0.4 is 10.2 Å². The Labute approximate surface area is 135 Å². The number of anilines is 1. The highest BCUT2D eigenvalue weighted by Gasteiger charge is 2.27. The minimum absolute atomic E-state index is 0.0835. The molecule has 2 saturated heterocycles. The maximum atomic E-state index is 12.3. The summed E-state index contributed by atoms with van der Waals surface area (Å²) in [7, 11) is 0. The summed E-state index contributed by atoms with van der Waals surface area (Å²) in [6.07, 6.45) is 4.21. The van der Waals surface area contributed by atoms with Gasteiger partial charge in [-0.05, 0) is 19.8 Å². The Bertz CT molecular complexity index is 468. The zero-order valence-electron chi connectivity index (χ0n) is 13.0. The number of thiazole rings is 1. The van der Waals surface area contributed by atoms with Crippen molar-refractivity contribution in [3.63, 3.8) is 0 Å².